The summed E-state index contributed by atoms with van der Waals surface area (Å²) in [6.07, 6.45) is 0.421. The van der Waals surface area contributed by atoms with E-state index in [1.165, 1.54) is 7.11 Å². The summed E-state index contributed by atoms with van der Waals surface area (Å²) in [5, 5.41) is 11.1. The van der Waals surface area contributed by atoms with Gasteiger partial charge in [-0.2, -0.15) is 0 Å². The van der Waals surface area contributed by atoms with E-state index in [0.29, 0.717) is 31.5 Å². The number of piperidine rings is 1. The van der Waals surface area contributed by atoms with Crippen molar-refractivity contribution in [3.63, 3.8) is 0 Å². The molecule has 19 heavy (non-hydrogen) atoms. The van der Waals surface area contributed by atoms with E-state index in [0.717, 1.165) is 0 Å². The van der Waals surface area contributed by atoms with Gasteiger partial charge in [-0.3, -0.25) is 0 Å². The van der Waals surface area contributed by atoms with Crippen molar-refractivity contribution >= 4 is 29.3 Å². The Balaban J connectivity index is 2.15. The Morgan fingerprint density at radius 2 is 1.89 bits per heavy atom. The number of carbonyl (C=O) groups excluding carboxylic acids is 1. The minimum absolute atomic E-state index is 0.242. The molecule has 1 N–H and O–H groups in total. The lowest BCUT2D eigenvalue weighted by atomic mass is 9.85. The monoisotopic (exact) mass is 304 g/mol. The van der Waals surface area contributed by atoms with Crippen LogP contribution in [0.25, 0.3) is 0 Å². The van der Waals surface area contributed by atoms with Crippen molar-refractivity contribution in [2.45, 2.75) is 18.4 Å². The molecule has 0 bridgehead atoms. The molecule has 1 aromatic rings. The highest BCUT2D eigenvalue weighted by Gasteiger charge is 2.36. The fraction of sp³-hybridized carbons (Fsp3) is 0.500. The number of amides is 1. The van der Waals surface area contributed by atoms with Crippen molar-refractivity contribution in [3.05, 3.63) is 28.0 Å². The molecule has 2 rings (SSSR count). The molecule has 1 saturated heterocycles. The van der Waals surface area contributed by atoms with Crippen LogP contribution in [-0.4, -0.2) is 41.3 Å². The van der Waals surface area contributed by atoms with Crippen LogP contribution in [0.2, 0.25) is 10.3 Å². The molecule has 0 aromatic carbocycles. The van der Waals surface area contributed by atoms with Crippen LogP contribution < -0.4 is 0 Å². The van der Waals surface area contributed by atoms with Gasteiger partial charge in [-0.25, -0.2) is 9.78 Å². The first-order chi connectivity index (χ1) is 8.94. The Bertz CT molecular complexity index is 468. The van der Waals surface area contributed by atoms with E-state index < -0.39 is 5.60 Å². The molecule has 1 aromatic heterocycles. The van der Waals surface area contributed by atoms with Gasteiger partial charge in [0.1, 0.15) is 10.3 Å². The van der Waals surface area contributed by atoms with Crippen molar-refractivity contribution < 1.29 is 14.6 Å². The molecule has 1 amide bonds. The van der Waals surface area contributed by atoms with Crippen LogP contribution in [0.15, 0.2) is 12.1 Å². The number of rotatable bonds is 1. The first kappa shape index (κ1) is 14.4. The van der Waals surface area contributed by atoms with E-state index in [4.69, 9.17) is 23.2 Å². The van der Waals surface area contributed by atoms with Crippen LogP contribution in [0.1, 0.15) is 18.4 Å². The normalized spacial score (nSPS) is 18.2. The second-order valence-electron chi connectivity index (χ2n) is 4.49. The Kier molecular flexibility index (Phi) is 4.18. The molecule has 0 spiro atoms. The molecular weight excluding hydrogens is 291 g/mol. The van der Waals surface area contributed by atoms with E-state index in [2.05, 4.69) is 9.72 Å². The summed E-state index contributed by atoms with van der Waals surface area (Å²) in [6, 6.07) is 3.20. The molecule has 0 aliphatic carbocycles. The van der Waals surface area contributed by atoms with Crippen molar-refractivity contribution in [3.8, 4) is 0 Å². The van der Waals surface area contributed by atoms with Gasteiger partial charge in [0, 0.05) is 13.1 Å². The first-order valence-corrected chi connectivity index (χ1v) is 6.59. The number of methoxy groups -OCH3 is 1. The predicted octanol–water partition coefficient (Wildman–Crippen LogP) is 2.44. The number of halogens is 2. The minimum atomic E-state index is -1.04. The predicted molar refractivity (Wildman–Crippen MR) is 71.4 cm³/mol. The number of aliphatic hydroxyl groups is 1. The van der Waals surface area contributed by atoms with Gasteiger partial charge in [-0.1, -0.05) is 23.2 Å². The number of carbonyl (C=O) groups is 1. The zero-order valence-corrected chi connectivity index (χ0v) is 11.9. The Morgan fingerprint density at radius 1 is 1.37 bits per heavy atom. The average molecular weight is 305 g/mol. The topological polar surface area (TPSA) is 62.7 Å². The van der Waals surface area contributed by atoms with Crippen LogP contribution in [0, 0.1) is 0 Å². The number of likely N-dealkylation sites (tertiary alicyclic amines) is 1. The van der Waals surface area contributed by atoms with E-state index in [9.17, 15) is 9.90 Å². The molecule has 1 aliphatic rings. The minimum Gasteiger partial charge on any atom is -0.453 e. The van der Waals surface area contributed by atoms with E-state index in [1.807, 2.05) is 0 Å². The third-order valence-corrected chi connectivity index (χ3v) is 3.71. The number of hydrogen-bond donors (Lipinski definition) is 1. The van der Waals surface area contributed by atoms with Crippen molar-refractivity contribution in [2.75, 3.05) is 20.2 Å². The summed E-state index contributed by atoms with van der Waals surface area (Å²) in [7, 11) is 1.34. The van der Waals surface area contributed by atoms with Crippen molar-refractivity contribution in [1.29, 1.82) is 0 Å². The third kappa shape index (κ3) is 3.11. The largest absolute Gasteiger partial charge is 0.453 e. The lowest BCUT2D eigenvalue weighted by Gasteiger charge is -2.37. The summed E-state index contributed by atoms with van der Waals surface area (Å²) >= 11 is 11.7. The zero-order valence-electron chi connectivity index (χ0n) is 10.4. The Labute approximate surface area is 121 Å². The molecular formula is C12H14Cl2N2O3. The smallest absolute Gasteiger partial charge is 0.409 e. The standard InChI is InChI=1S/C12H14Cl2N2O3/c1-19-11(17)16-4-2-12(18,3-5-16)8-6-9(13)15-10(14)7-8/h6-7,18H,2-5H2,1H3. The summed E-state index contributed by atoms with van der Waals surface area (Å²) < 4.78 is 4.65. The molecule has 0 saturated carbocycles. The third-order valence-electron chi connectivity index (χ3n) is 3.32. The molecule has 1 aliphatic heterocycles. The highest BCUT2D eigenvalue weighted by atomic mass is 35.5. The molecule has 104 valence electrons. The quantitative estimate of drug-likeness (QED) is 0.810. The SMILES string of the molecule is COC(=O)N1CCC(O)(c2cc(Cl)nc(Cl)c2)CC1. The molecule has 0 unspecified atom stereocenters. The van der Waals surface area contributed by atoms with Crippen molar-refractivity contribution in [2.24, 2.45) is 0 Å². The average Bonchev–Trinajstić information content (AvgIpc) is 2.37. The van der Waals surface area contributed by atoms with E-state index >= 15 is 0 Å². The number of nitrogens with zero attached hydrogens (tertiary/aromatic N) is 2. The van der Waals surface area contributed by atoms with Gasteiger partial charge in [0.2, 0.25) is 0 Å². The van der Waals surface area contributed by atoms with Gasteiger partial charge < -0.3 is 14.7 Å². The summed E-state index contributed by atoms with van der Waals surface area (Å²) in [4.78, 5) is 16.8. The first-order valence-electron chi connectivity index (χ1n) is 5.83. The maximum atomic E-state index is 11.4. The number of aromatic nitrogens is 1. The summed E-state index contributed by atoms with van der Waals surface area (Å²) in [5.41, 5.74) is -0.414. The highest BCUT2D eigenvalue weighted by molar-refractivity contribution is 6.32. The molecule has 0 radical (unpaired) electrons. The van der Waals surface area contributed by atoms with Gasteiger partial charge in [0.05, 0.1) is 12.7 Å². The molecule has 2 heterocycles. The molecule has 1 fully saturated rings. The second-order valence-corrected chi connectivity index (χ2v) is 5.26. The maximum Gasteiger partial charge on any atom is 0.409 e. The Hall–Kier alpha value is -1.04. The maximum absolute atomic E-state index is 11.4. The van der Waals surface area contributed by atoms with Crippen LogP contribution in [0.3, 0.4) is 0 Å². The van der Waals surface area contributed by atoms with E-state index in [-0.39, 0.29) is 16.4 Å². The van der Waals surface area contributed by atoms with Gasteiger partial charge in [-0.05, 0) is 30.5 Å². The second kappa shape index (κ2) is 5.53. The fourth-order valence-corrected chi connectivity index (χ4v) is 2.67. The zero-order chi connectivity index (χ0) is 14.0. The van der Waals surface area contributed by atoms with Gasteiger partial charge >= 0.3 is 6.09 Å². The van der Waals surface area contributed by atoms with Crippen LogP contribution in [-0.2, 0) is 10.3 Å². The van der Waals surface area contributed by atoms with Crippen LogP contribution in [0.4, 0.5) is 4.79 Å². The summed E-state index contributed by atoms with van der Waals surface area (Å²) in [5.74, 6) is 0. The molecule has 7 heteroatoms. The van der Waals surface area contributed by atoms with Crippen LogP contribution in [0.5, 0.6) is 0 Å². The lowest BCUT2D eigenvalue weighted by Crippen LogP contribution is -2.45. The molecule has 5 nitrogen and oxygen atoms in total. The number of ether oxygens (including phenoxy) is 1. The van der Waals surface area contributed by atoms with Crippen molar-refractivity contribution in [1.82, 2.24) is 9.88 Å². The van der Waals surface area contributed by atoms with Gasteiger partial charge in [-0.15, -0.1) is 0 Å². The Morgan fingerprint density at radius 3 is 2.37 bits per heavy atom. The summed E-state index contributed by atoms with van der Waals surface area (Å²) in [6.45, 7) is 0.835. The number of pyridine rings is 1. The molecule has 0 atom stereocenters. The van der Waals surface area contributed by atoms with Gasteiger partial charge in [0.25, 0.3) is 0 Å². The van der Waals surface area contributed by atoms with E-state index in [1.54, 1.807) is 17.0 Å². The highest BCUT2D eigenvalue weighted by Crippen LogP contribution is 2.34. The van der Waals surface area contributed by atoms with Gasteiger partial charge in [0.15, 0.2) is 0 Å². The number of hydrogen-bond acceptors (Lipinski definition) is 4. The fourth-order valence-electron chi connectivity index (χ4n) is 2.21. The van der Waals surface area contributed by atoms with Crippen LogP contribution >= 0.6 is 23.2 Å². The lowest BCUT2D eigenvalue weighted by molar-refractivity contribution is -0.0231.